The van der Waals surface area contributed by atoms with Crippen LogP contribution in [0.5, 0.6) is 5.75 Å². The van der Waals surface area contributed by atoms with Gasteiger partial charge in [0.05, 0.1) is 13.0 Å². The molecule has 0 radical (unpaired) electrons. The normalized spacial score (nSPS) is 17.0. The predicted molar refractivity (Wildman–Crippen MR) is 80.2 cm³/mol. The van der Waals surface area contributed by atoms with E-state index in [1.165, 1.54) is 4.68 Å². The topological polar surface area (TPSA) is 111 Å². The van der Waals surface area contributed by atoms with Crippen LogP contribution in [-0.4, -0.2) is 45.7 Å². The van der Waals surface area contributed by atoms with Crippen LogP contribution in [0.15, 0.2) is 18.2 Å². The van der Waals surface area contributed by atoms with Crippen molar-refractivity contribution in [3.05, 3.63) is 24.0 Å². The van der Waals surface area contributed by atoms with E-state index in [2.05, 4.69) is 26.2 Å². The van der Waals surface area contributed by atoms with Crippen molar-refractivity contribution in [2.75, 3.05) is 19.0 Å². The van der Waals surface area contributed by atoms with Crippen LogP contribution in [0.1, 0.15) is 12.2 Å². The zero-order valence-electron chi connectivity index (χ0n) is 12.7. The second-order valence-electron chi connectivity index (χ2n) is 5.22. The smallest absolute Gasteiger partial charge is 0.229 e. The summed E-state index contributed by atoms with van der Waals surface area (Å²) in [7, 11) is 1.55. The third-order valence-corrected chi connectivity index (χ3v) is 3.65. The van der Waals surface area contributed by atoms with Gasteiger partial charge in [-0.05, 0) is 35.5 Å². The van der Waals surface area contributed by atoms with Crippen LogP contribution >= 0.6 is 0 Å². The molecule has 0 aliphatic carbocycles. The minimum atomic E-state index is -0.358. The van der Waals surface area contributed by atoms with E-state index in [0.717, 1.165) is 0 Å². The van der Waals surface area contributed by atoms with Gasteiger partial charge in [0.2, 0.25) is 11.8 Å². The Morgan fingerprint density at radius 3 is 2.91 bits per heavy atom. The summed E-state index contributed by atoms with van der Waals surface area (Å²) in [4.78, 5) is 23.4. The average molecular weight is 316 g/mol. The van der Waals surface area contributed by atoms with Crippen LogP contribution in [0.25, 0.3) is 5.69 Å². The van der Waals surface area contributed by atoms with Gasteiger partial charge in [0.1, 0.15) is 11.4 Å². The predicted octanol–water partition coefficient (Wildman–Crippen LogP) is 0.0539. The molecule has 1 aromatic carbocycles. The van der Waals surface area contributed by atoms with Gasteiger partial charge in [0.25, 0.3) is 0 Å². The first kappa shape index (κ1) is 14.9. The van der Waals surface area contributed by atoms with Gasteiger partial charge in [0.15, 0.2) is 5.82 Å². The second kappa shape index (κ2) is 6.03. The van der Waals surface area contributed by atoms with Crippen molar-refractivity contribution in [3.8, 4) is 11.4 Å². The number of methoxy groups -OCH3 is 1. The number of aromatic nitrogens is 4. The lowest BCUT2D eigenvalue weighted by Crippen LogP contribution is -2.24. The van der Waals surface area contributed by atoms with E-state index in [1.54, 1.807) is 32.2 Å². The quantitative estimate of drug-likeness (QED) is 0.825. The Balaban J connectivity index is 1.85. The Morgan fingerprint density at radius 1 is 1.48 bits per heavy atom. The Labute approximate surface area is 132 Å². The number of anilines is 1. The van der Waals surface area contributed by atoms with Crippen molar-refractivity contribution in [3.63, 3.8) is 0 Å². The number of hydrogen-bond acceptors (Lipinski definition) is 6. The summed E-state index contributed by atoms with van der Waals surface area (Å²) in [5.74, 6) is 0.508. The summed E-state index contributed by atoms with van der Waals surface area (Å²) in [5, 5.41) is 16.8. The van der Waals surface area contributed by atoms with Gasteiger partial charge in [0, 0.05) is 18.7 Å². The number of rotatable bonds is 4. The van der Waals surface area contributed by atoms with Crippen molar-refractivity contribution in [1.82, 2.24) is 25.5 Å². The standard InChI is InChI=1S/C14H16N6O3/c1-8-17-18-19-20(8)11-6-10(3-4-12(11)23-2)16-14(22)9-5-13(21)15-7-9/h3-4,6,9H,5,7H2,1-2H3,(H,15,21)(H,16,22). The van der Waals surface area contributed by atoms with E-state index >= 15 is 0 Å². The molecule has 1 aromatic heterocycles. The summed E-state index contributed by atoms with van der Waals surface area (Å²) in [6.45, 7) is 2.13. The second-order valence-corrected chi connectivity index (χ2v) is 5.22. The van der Waals surface area contributed by atoms with Gasteiger partial charge < -0.3 is 15.4 Å². The minimum absolute atomic E-state index is 0.107. The number of tetrazole rings is 1. The van der Waals surface area contributed by atoms with Crippen LogP contribution in [-0.2, 0) is 9.59 Å². The SMILES string of the molecule is COc1ccc(NC(=O)C2CNC(=O)C2)cc1-n1nnnc1C. The highest BCUT2D eigenvalue weighted by atomic mass is 16.5. The highest BCUT2D eigenvalue weighted by Gasteiger charge is 2.28. The van der Waals surface area contributed by atoms with Crippen LogP contribution in [0.4, 0.5) is 5.69 Å². The molecule has 120 valence electrons. The van der Waals surface area contributed by atoms with Gasteiger partial charge in [-0.15, -0.1) is 5.10 Å². The number of nitrogens with one attached hydrogen (secondary N) is 2. The maximum absolute atomic E-state index is 12.2. The van der Waals surface area contributed by atoms with Crippen molar-refractivity contribution in [2.24, 2.45) is 5.92 Å². The van der Waals surface area contributed by atoms with E-state index < -0.39 is 0 Å². The van der Waals surface area contributed by atoms with Crippen molar-refractivity contribution in [2.45, 2.75) is 13.3 Å². The van der Waals surface area contributed by atoms with Crippen LogP contribution in [0.2, 0.25) is 0 Å². The van der Waals surface area contributed by atoms with E-state index in [1.807, 2.05) is 0 Å². The van der Waals surface area contributed by atoms with E-state index in [-0.39, 0.29) is 24.2 Å². The number of aryl methyl sites for hydroxylation is 1. The lowest BCUT2D eigenvalue weighted by molar-refractivity contribution is -0.123. The van der Waals surface area contributed by atoms with E-state index in [4.69, 9.17) is 4.74 Å². The number of carbonyl (C=O) groups is 2. The monoisotopic (exact) mass is 316 g/mol. The van der Waals surface area contributed by atoms with Crippen LogP contribution in [0.3, 0.4) is 0 Å². The lowest BCUT2D eigenvalue weighted by atomic mass is 10.1. The molecule has 1 aliphatic rings. The highest BCUT2D eigenvalue weighted by molar-refractivity contribution is 5.97. The fourth-order valence-electron chi connectivity index (χ4n) is 2.42. The van der Waals surface area contributed by atoms with Gasteiger partial charge in [-0.25, -0.2) is 0 Å². The van der Waals surface area contributed by atoms with Crippen molar-refractivity contribution >= 4 is 17.5 Å². The zero-order valence-corrected chi connectivity index (χ0v) is 12.7. The molecule has 9 heteroatoms. The maximum Gasteiger partial charge on any atom is 0.229 e. The molecule has 9 nitrogen and oxygen atoms in total. The Morgan fingerprint density at radius 2 is 2.30 bits per heavy atom. The summed E-state index contributed by atoms with van der Waals surface area (Å²) < 4.78 is 6.84. The Hall–Kier alpha value is -2.97. The van der Waals surface area contributed by atoms with E-state index in [0.29, 0.717) is 29.5 Å². The molecular formula is C14H16N6O3. The van der Waals surface area contributed by atoms with Crippen molar-refractivity contribution < 1.29 is 14.3 Å². The Bertz CT molecular complexity index is 757. The molecule has 2 heterocycles. The maximum atomic E-state index is 12.2. The first-order valence-electron chi connectivity index (χ1n) is 7.09. The molecule has 23 heavy (non-hydrogen) atoms. The number of hydrogen-bond donors (Lipinski definition) is 2. The van der Waals surface area contributed by atoms with Crippen LogP contribution < -0.4 is 15.4 Å². The summed E-state index contributed by atoms with van der Waals surface area (Å²) in [5.41, 5.74) is 1.20. The number of ether oxygens (including phenoxy) is 1. The summed E-state index contributed by atoms with van der Waals surface area (Å²) >= 11 is 0. The number of benzene rings is 1. The first-order valence-corrected chi connectivity index (χ1v) is 7.09. The minimum Gasteiger partial charge on any atom is -0.494 e. The molecule has 1 fully saturated rings. The highest BCUT2D eigenvalue weighted by Crippen LogP contribution is 2.26. The molecule has 3 rings (SSSR count). The zero-order chi connectivity index (χ0) is 16.4. The molecule has 0 spiro atoms. The summed E-state index contributed by atoms with van der Waals surface area (Å²) in [6, 6.07) is 5.18. The molecule has 1 atom stereocenters. The van der Waals surface area contributed by atoms with Crippen molar-refractivity contribution in [1.29, 1.82) is 0 Å². The van der Waals surface area contributed by atoms with Gasteiger partial charge in [-0.1, -0.05) is 0 Å². The largest absolute Gasteiger partial charge is 0.494 e. The number of nitrogens with zero attached hydrogens (tertiary/aromatic N) is 4. The third kappa shape index (κ3) is 2.98. The molecule has 0 saturated carbocycles. The van der Waals surface area contributed by atoms with Crippen LogP contribution in [0, 0.1) is 12.8 Å². The van der Waals surface area contributed by atoms with E-state index in [9.17, 15) is 9.59 Å². The molecule has 2 N–H and O–H groups in total. The summed E-state index contributed by atoms with van der Waals surface area (Å²) in [6.07, 6.45) is 0.209. The fraction of sp³-hybridized carbons (Fsp3) is 0.357. The van der Waals surface area contributed by atoms with Gasteiger partial charge in [-0.2, -0.15) is 4.68 Å². The van der Waals surface area contributed by atoms with Gasteiger partial charge >= 0.3 is 0 Å². The Kier molecular flexibility index (Phi) is 3.92. The molecule has 0 bridgehead atoms. The number of carbonyl (C=O) groups excluding carboxylic acids is 2. The number of amides is 2. The lowest BCUT2D eigenvalue weighted by Gasteiger charge is -2.13. The average Bonchev–Trinajstić information content (AvgIpc) is 3.15. The molecule has 1 saturated heterocycles. The molecule has 2 amide bonds. The fourth-order valence-corrected chi connectivity index (χ4v) is 2.42. The third-order valence-electron chi connectivity index (χ3n) is 3.65. The molecule has 2 aromatic rings. The van der Waals surface area contributed by atoms with Gasteiger partial charge in [-0.3, -0.25) is 9.59 Å². The first-order chi connectivity index (χ1) is 11.1. The molecular weight excluding hydrogens is 300 g/mol. The molecule has 1 unspecified atom stereocenters. The molecule has 1 aliphatic heterocycles.